The monoisotopic (exact) mass is 534 g/mol. The zero-order chi connectivity index (χ0) is 25.6. The SMILES string of the molecule is Nc1nc(C(N=O)C(=O)NC2C(=O)N3C(C(=O)O)=C(C=C4CCN(C5CCNC5)C4=O)CS[C@H]23)ns1. The van der Waals surface area contributed by atoms with Crippen molar-refractivity contribution in [3.05, 3.63) is 33.7 Å². The van der Waals surface area contributed by atoms with E-state index in [-0.39, 0.29) is 34.4 Å². The maximum atomic E-state index is 12.9. The van der Waals surface area contributed by atoms with Crippen LogP contribution in [0.3, 0.4) is 0 Å². The maximum Gasteiger partial charge on any atom is 0.352 e. The van der Waals surface area contributed by atoms with Crippen LogP contribution < -0.4 is 16.4 Å². The molecule has 0 aromatic carbocycles. The Balaban J connectivity index is 1.33. The Morgan fingerprint density at radius 3 is 2.81 bits per heavy atom. The first-order chi connectivity index (χ1) is 17.3. The summed E-state index contributed by atoms with van der Waals surface area (Å²) in [6.07, 6.45) is 2.96. The molecule has 0 aliphatic carbocycles. The van der Waals surface area contributed by atoms with E-state index in [1.165, 1.54) is 11.8 Å². The van der Waals surface area contributed by atoms with Crippen LogP contribution in [0.4, 0.5) is 5.13 Å². The minimum Gasteiger partial charge on any atom is -0.477 e. The molecule has 3 amide bonds. The largest absolute Gasteiger partial charge is 0.477 e. The number of likely N-dealkylation sites (tertiary alicyclic amines) is 1. The molecule has 36 heavy (non-hydrogen) atoms. The number of carbonyl (C=O) groups excluding carboxylic acids is 3. The number of carboxylic acids is 1. The fourth-order valence-corrected chi connectivity index (χ4v) is 6.56. The zero-order valence-electron chi connectivity index (χ0n) is 18.7. The van der Waals surface area contributed by atoms with Crippen LogP contribution in [0.25, 0.3) is 0 Å². The van der Waals surface area contributed by atoms with Crippen molar-refractivity contribution in [3.63, 3.8) is 0 Å². The van der Waals surface area contributed by atoms with Crippen LogP contribution in [0, 0.1) is 4.91 Å². The number of allylic oxidation sites excluding steroid dienone is 1. The highest BCUT2D eigenvalue weighted by molar-refractivity contribution is 8.00. The molecule has 4 aliphatic rings. The summed E-state index contributed by atoms with van der Waals surface area (Å²) in [5, 5.41) is 17.7. The van der Waals surface area contributed by atoms with Gasteiger partial charge >= 0.3 is 5.97 Å². The van der Waals surface area contributed by atoms with E-state index in [0.717, 1.165) is 35.9 Å². The quantitative estimate of drug-likeness (QED) is 0.194. The number of fused-ring (bicyclic) bond motifs is 1. The number of nitrogens with one attached hydrogen (secondary N) is 2. The number of rotatable bonds is 7. The second-order valence-corrected chi connectivity index (χ2v) is 10.5. The predicted molar refractivity (Wildman–Crippen MR) is 128 cm³/mol. The van der Waals surface area contributed by atoms with Crippen molar-refractivity contribution < 1.29 is 24.3 Å². The van der Waals surface area contributed by atoms with Crippen LogP contribution in [0.2, 0.25) is 0 Å². The number of carbonyl (C=O) groups is 4. The van der Waals surface area contributed by atoms with E-state index in [1.54, 1.807) is 6.08 Å². The first-order valence-electron chi connectivity index (χ1n) is 11.2. The van der Waals surface area contributed by atoms with E-state index in [2.05, 4.69) is 25.2 Å². The first-order valence-corrected chi connectivity index (χ1v) is 13.0. The topological polar surface area (TPSA) is 200 Å². The zero-order valence-corrected chi connectivity index (χ0v) is 20.4. The van der Waals surface area contributed by atoms with Crippen LogP contribution in [0.5, 0.6) is 0 Å². The van der Waals surface area contributed by atoms with Gasteiger partial charge < -0.3 is 26.4 Å². The number of nitroso groups, excluding NO2 is 1. The van der Waals surface area contributed by atoms with E-state index in [4.69, 9.17) is 5.73 Å². The van der Waals surface area contributed by atoms with E-state index in [0.29, 0.717) is 24.1 Å². The van der Waals surface area contributed by atoms with Gasteiger partial charge in [0.15, 0.2) is 11.0 Å². The van der Waals surface area contributed by atoms with E-state index < -0.39 is 35.2 Å². The van der Waals surface area contributed by atoms with Gasteiger partial charge in [-0.2, -0.15) is 4.37 Å². The van der Waals surface area contributed by atoms with Gasteiger partial charge in [-0.25, -0.2) is 9.78 Å². The predicted octanol–water partition coefficient (Wildman–Crippen LogP) is -0.813. The molecule has 0 radical (unpaired) electrons. The number of aromatic nitrogens is 2. The molecule has 1 aromatic rings. The molecule has 1 aromatic heterocycles. The second kappa shape index (κ2) is 9.59. The molecule has 0 bridgehead atoms. The molecule has 4 aliphatic heterocycles. The Bertz CT molecular complexity index is 1210. The van der Waals surface area contributed by atoms with Gasteiger partial charge in [0.2, 0.25) is 11.9 Å². The van der Waals surface area contributed by atoms with Crippen LogP contribution >= 0.6 is 23.3 Å². The van der Waals surface area contributed by atoms with Crippen LogP contribution in [-0.4, -0.2) is 90.8 Å². The maximum absolute atomic E-state index is 12.9. The van der Waals surface area contributed by atoms with Crippen molar-refractivity contribution in [1.82, 2.24) is 29.8 Å². The Kier molecular flexibility index (Phi) is 6.48. The number of hydrogen-bond acceptors (Lipinski definition) is 12. The molecule has 0 saturated carbocycles. The summed E-state index contributed by atoms with van der Waals surface area (Å²) in [4.78, 5) is 68.5. The Labute approximate surface area is 212 Å². The standard InChI is InChI=1S/C20H22N8O6S2/c21-20-24-14(26-36-20)11(25-34)15(29)23-12-17(31)28-13(19(32)33)9(7-35-18(12)28)5-8-2-4-27(16(8)30)10-1-3-22-6-10/h5,10-12,18,22H,1-4,6-7H2,(H,23,29)(H,32,33)(H2,21,24,26)/t10?,11?,12?,18-/m1/s1. The molecular weight excluding hydrogens is 512 g/mol. The Morgan fingerprint density at radius 1 is 1.36 bits per heavy atom. The third-order valence-electron chi connectivity index (χ3n) is 6.54. The Hall–Kier alpha value is -3.37. The van der Waals surface area contributed by atoms with Crippen molar-refractivity contribution in [2.24, 2.45) is 5.18 Å². The van der Waals surface area contributed by atoms with Crippen molar-refractivity contribution >= 4 is 52.1 Å². The van der Waals surface area contributed by atoms with Gasteiger partial charge in [-0.05, 0) is 36.2 Å². The van der Waals surface area contributed by atoms with E-state index in [9.17, 15) is 29.2 Å². The fourth-order valence-electron chi connectivity index (χ4n) is 4.79. The number of aliphatic carboxylic acids is 1. The third-order valence-corrected chi connectivity index (χ3v) is 8.39. The van der Waals surface area contributed by atoms with Gasteiger partial charge in [0.1, 0.15) is 17.1 Å². The molecule has 4 atom stereocenters. The van der Waals surface area contributed by atoms with Gasteiger partial charge in [0.25, 0.3) is 11.8 Å². The highest BCUT2D eigenvalue weighted by atomic mass is 32.2. The first kappa shape index (κ1) is 24.3. The fraction of sp³-hybridized carbons (Fsp3) is 0.500. The summed E-state index contributed by atoms with van der Waals surface area (Å²) in [7, 11) is 0. The lowest BCUT2D eigenvalue weighted by Gasteiger charge is -2.49. The molecule has 0 spiro atoms. The van der Waals surface area contributed by atoms with Gasteiger partial charge in [-0.1, -0.05) is 0 Å². The molecule has 3 saturated heterocycles. The molecule has 14 nitrogen and oxygen atoms in total. The van der Waals surface area contributed by atoms with Crippen molar-refractivity contribution in [1.29, 1.82) is 0 Å². The lowest BCUT2D eigenvalue weighted by Crippen LogP contribution is -2.70. The molecular formula is C20H22N8O6S2. The third kappa shape index (κ3) is 4.14. The number of nitrogens with zero attached hydrogens (tertiary/aromatic N) is 5. The normalized spacial score (nSPS) is 27.8. The Morgan fingerprint density at radius 2 is 2.17 bits per heavy atom. The summed E-state index contributed by atoms with van der Waals surface area (Å²) in [5.74, 6) is -2.88. The van der Waals surface area contributed by atoms with Gasteiger partial charge in [0, 0.05) is 42.0 Å². The highest BCUT2D eigenvalue weighted by Crippen LogP contribution is 2.41. The number of nitrogens with two attached hydrogens (primary N) is 1. The van der Waals surface area contributed by atoms with Gasteiger partial charge in [-0.15, -0.1) is 16.7 Å². The van der Waals surface area contributed by atoms with Crippen molar-refractivity contribution in [2.75, 3.05) is 31.1 Å². The summed E-state index contributed by atoms with van der Waals surface area (Å²) >= 11 is 2.06. The summed E-state index contributed by atoms with van der Waals surface area (Å²) < 4.78 is 3.81. The number of thioether (sulfide) groups is 1. The molecule has 190 valence electrons. The van der Waals surface area contributed by atoms with Crippen LogP contribution in [0.1, 0.15) is 24.7 Å². The van der Waals surface area contributed by atoms with Crippen molar-refractivity contribution in [2.45, 2.75) is 36.3 Å². The highest BCUT2D eigenvalue weighted by Gasteiger charge is 2.54. The number of nitrogen functional groups attached to an aromatic ring is 1. The van der Waals surface area contributed by atoms with E-state index in [1.807, 2.05) is 4.90 Å². The number of anilines is 1. The molecule has 3 fully saturated rings. The smallest absolute Gasteiger partial charge is 0.352 e. The van der Waals surface area contributed by atoms with Crippen LogP contribution in [-0.2, 0) is 19.2 Å². The van der Waals surface area contributed by atoms with Gasteiger partial charge in [-0.3, -0.25) is 19.3 Å². The number of hydrogen-bond donors (Lipinski definition) is 4. The molecule has 3 unspecified atom stereocenters. The van der Waals surface area contributed by atoms with Crippen molar-refractivity contribution in [3.8, 4) is 0 Å². The second-order valence-electron chi connectivity index (χ2n) is 8.64. The summed E-state index contributed by atoms with van der Waals surface area (Å²) in [6.45, 7) is 2.17. The summed E-state index contributed by atoms with van der Waals surface area (Å²) in [6, 6.07) is -2.51. The molecule has 5 heterocycles. The summed E-state index contributed by atoms with van der Waals surface area (Å²) in [5.41, 5.74) is 6.17. The number of carboxylic acid groups (broad SMARTS) is 1. The average molecular weight is 535 g/mol. The average Bonchev–Trinajstić information content (AvgIpc) is 3.60. The number of amides is 3. The van der Waals surface area contributed by atoms with E-state index >= 15 is 0 Å². The minimum atomic E-state index is -1.59. The van der Waals surface area contributed by atoms with Crippen LogP contribution in [0.15, 0.2) is 28.1 Å². The molecule has 5 rings (SSSR count). The minimum absolute atomic E-state index is 0.0573. The van der Waals surface area contributed by atoms with Gasteiger partial charge in [0.05, 0.1) is 0 Å². The lowest BCUT2D eigenvalue weighted by atomic mass is 10.0. The molecule has 5 N–H and O–H groups in total. The lowest BCUT2D eigenvalue weighted by molar-refractivity contribution is -0.150. The number of β-lactam (4-membered cyclic amide) rings is 1. The molecule has 16 heteroatoms.